The first-order chi connectivity index (χ1) is 7.65. The summed E-state index contributed by atoms with van der Waals surface area (Å²) in [5, 5.41) is 7.62. The first kappa shape index (κ1) is 11.1. The van der Waals surface area contributed by atoms with Crippen molar-refractivity contribution in [3.8, 4) is 0 Å². The molecule has 1 unspecified atom stereocenters. The second-order valence-corrected chi connectivity index (χ2v) is 4.64. The smallest absolute Gasteiger partial charge is 0.130 e. The number of rotatable bonds is 3. The van der Waals surface area contributed by atoms with Gasteiger partial charge in [-0.25, -0.2) is 9.97 Å². The van der Waals surface area contributed by atoms with Crippen molar-refractivity contribution < 1.29 is 0 Å². The molecule has 0 bridgehead atoms. The molecular weight excluding hydrogens is 218 g/mol. The Balaban J connectivity index is 2.15. The summed E-state index contributed by atoms with van der Waals surface area (Å²) in [4.78, 5) is 8.62. The average molecular weight is 233 g/mol. The van der Waals surface area contributed by atoms with E-state index in [1.165, 1.54) is 5.56 Å². The molecule has 84 valence electrons. The predicted molar refractivity (Wildman–Crippen MR) is 67.9 cm³/mol. The monoisotopic (exact) mass is 233 g/mol. The molecule has 0 radical (unpaired) electrons. The second kappa shape index (κ2) is 4.61. The van der Waals surface area contributed by atoms with Crippen LogP contribution in [0.5, 0.6) is 0 Å². The summed E-state index contributed by atoms with van der Waals surface area (Å²) in [5.41, 5.74) is 2.28. The summed E-state index contributed by atoms with van der Waals surface area (Å²) < 4.78 is 0. The van der Waals surface area contributed by atoms with E-state index in [4.69, 9.17) is 0 Å². The Morgan fingerprint density at radius 1 is 1.31 bits per heavy atom. The van der Waals surface area contributed by atoms with Gasteiger partial charge in [0, 0.05) is 11.8 Å². The number of nitrogens with one attached hydrogen (secondary N) is 1. The lowest BCUT2D eigenvalue weighted by atomic mass is 10.2. The highest BCUT2D eigenvalue weighted by Crippen LogP contribution is 2.20. The Morgan fingerprint density at radius 3 is 2.75 bits per heavy atom. The third kappa shape index (κ3) is 2.58. The van der Waals surface area contributed by atoms with Crippen LogP contribution in [0.4, 0.5) is 5.82 Å². The molecule has 16 heavy (non-hydrogen) atoms. The van der Waals surface area contributed by atoms with Crippen molar-refractivity contribution in [1.82, 2.24) is 9.97 Å². The maximum absolute atomic E-state index is 4.37. The van der Waals surface area contributed by atoms with Crippen LogP contribution in [0.2, 0.25) is 0 Å². The fourth-order valence-electron chi connectivity index (χ4n) is 1.62. The van der Waals surface area contributed by atoms with E-state index in [9.17, 15) is 0 Å². The zero-order valence-electron chi connectivity index (χ0n) is 9.69. The van der Waals surface area contributed by atoms with Gasteiger partial charge in [-0.1, -0.05) is 0 Å². The van der Waals surface area contributed by atoms with Gasteiger partial charge in [0.25, 0.3) is 0 Å². The Kier molecular flexibility index (Phi) is 3.19. The van der Waals surface area contributed by atoms with Crippen molar-refractivity contribution in [2.75, 3.05) is 5.32 Å². The summed E-state index contributed by atoms with van der Waals surface area (Å²) in [6.07, 6.45) is 0. The second-order valence-electron chi connectivity index (χ2n) is 3.86. The number of aryl methyl sites for hydroxylation is 2. The molecule has 4 heteroatoms. The molecule has 1 N–H and O–H groups in total. The topological polar surface area (TPSA) is 37.8 Å². The Bertz CT molecular complexity index is 445. The van der Waals surface area contributed by atoms with E-state index in [-0.39, 0.29) is 6.04 Å². The highest BCUT2D eigenvalue weighted by molar-refractivity contribution is 7.07. The van der Waals surface area contributed by atoms with Gasteiger partial charge in [0.2, 0.25) is 0 Å². The van der Waals surface area contributed by atoms with E-state index in [1.807, 2.05) is 19.9 Å². The van der Waals surface area contributed by atoms with Gasteiger partial charge < -0.3 is 5.32 Å². The van der Waals surface area contributed by atoms with Gasteiger partial charge in [-0.05, 0) is 43.2 Å². The van der Waals surface area contributed by atoms with E-state index in [2.05, 4.69) is 39.0 Å². The van der Waals surface area contributed by atoms with Crippen LogP contribution >= 0.6 is 11.3 Å². The van der Waals surface area contributed by atoms with Crippen LogP contribution in [0.3, 0.4) is 0 Å². The largest absolute Gasteiger partial charge is 0.363 e. The van der Waals surface area contributed by atoms with E-state index in [0.29, 0.717) is 0 Å². The van der Waals surface area contributed by atoms with Crippen LogP contribution in [-0.2, 0) is 0 Å². The van der Waals surface area contributed by atoms with Crippen molar-refractivity contribution >= 4 is 17.2 Å². The number of hydrogen-bond donors (Lipinski definition) is 1. The standard InChI is InChI=1S/C12H15N3S/c1-8-6-12(15-10(3)13-8)14-9(2)11-4-5-16-7-11/h4-7,9H,1-3H3,(H,13,14,15). The lowest BCUT2D eigenvalue weighted by Gasteiger charge is -2.13. The van der Waals surface area contributed by atoms with Gasteiger partial charge >= 0.3 is 0 Å². The van der Waals surface area contributed by atoms with Crippen LogP contribution < -0.4 is 5.32 Å². The first-order valence-electron chi connectivity index (χ1n) is 5.26. The summed E-state index contributed by atoms with van der Waals surface area (Å²) in [7, 11) is 0. The number of anilines is 1. The molecule has 0 aromatic carbocycles. The van der Waals surface area contributed by atoms with E-state index in [0.717, 1.165) is 17.3 Å². The fourth-order valence-corrected chi connectivity index (χ4v) is 2.37. The van der Waals surface area contributed by atoms with Gasteiger partial charge in [-0.3, -0.25) is 0 Å². The highest BCUT2D eigenvalue weighted by Gasteiger charge is 2.07. The van der Waals surface area contributed by atoms with Crippen molar-refractivity contribution in [2.45, 2.75) is 26.8 Å². The molecule has 2 aromatic rings. The lowest BCUT2D eigenvalue weighted by Crippen LogP contribution is -2.08. The van der Waals surface area contributed by atoms with Gasteiger partial charge in [-0.15, -0.1) is 0 Å². The fraction of sp³-hybridized carbons (Fsp3) is 0.333. The van der Waals surface area contributed by atoms with Crippen LogP contribution in [0, 0.1) is 13.8 Å². The molecule has 0 aliphatic carbocycles. The molecule has 0 saturated heterocycles. The molecule has 2 heterocycles. The zero-order valence-corrected chi connectivity index (χ0v) is 10.5. The molecule has 2 aromatic heterocycles. The maximum Gasteiger partial charge on any atom is 0.130 e. The van der Waals surface area contributed by atoms with Gasteiger partial charge in [-0.2, -0.15) is 11.3 Å². The lowest BCUT2D eigenvalue weighted by molar-refractivity contribution is 0.868. The predicted octanol–water partition coefficient (Wildman–Crippen LogP) is 3.33. The molecule has 0 spiro atoms. The first-order valence-corrected chi connectivity index (χ1v) is 6.20. The number of hydrogen-bond acceptors (Lipinski definition) is 4. The third-order valence-corrected chi connectivity index (χ3v) is 3.08. The molecular formula is C12H15N3S. The van der Waals surface area contributed by atoms with Crippen LogP contribution in [0.15, 0.2) is 22.9 Å². The number of nitrogens with zero attached hydrogens (tertiary/aromatic N) is 2. The molecule has 0 saturated carbocycles. The van der Waals surface area contributed by atoms with E-state index < -0.39 is 0 Å². The molecule has 0 aliphatic heterocycles. The molecule has 0 aliphatic rings. The van der Waals surface area contributed by atoms with E-state index >= 15 is 0 Å². The molecule has 0 fully saturated rings. The van der Waals surface area contributed by atoms with Gasteiger partial charge in [0.1, 0.15) is 11.6 Å². The Labute approximate surface area is 99.6 Å². The van der Waals surface area contributed by atoms with E-state index in [1.54, 1.807) is 11.3 Å². The zero-order chi connectivity index (χ0) is 11.5. The van der Waals surface area contributed by atoms with Gasteiger partial charge in [0.15, 0.2) is 0 Å². The van der Waals surface area contributed by atoms with Crippen LogP contribution in [-0.4, -0.2) is 9.97 Å². The van der Waals surface area contributed by atoms with Crippen LogP contribution in [0.25, 0.3) is 0 Å². The minimum Gasteiger partial charge on any atom is -0.363 e. The minimum atomic E-state index is 0.278. The number of thiophene rings is 1. The van der Waals surface area contributed by atoms with Crippen molar-refractivity contribution in [1.29, 1.82) is 0 Å². The van der Waals surface area contributed by atoms with Gasteiger partial charge in [0.05, 0.1) is 6.04 Å². The summed E-state index contributed by atoms with van der Waals surface area (Å²) in [6, 6.07) is 4.37. The Hall–Kier alpha value is -1.42. The van der Waals surface area contributed by atoms with Crippen molar-refractivity contribution in [3.05, 3.63) is 40.0 Å². The van der Waals surface area contributed by atoms with Crippen LogP contribution in [0.1, 0.15) is 30.0 Å². The molecule has 0 amide bonds. The quantitative estimate of drug-likeness (QED) is 0.883. The average Bonchev–Trinajstić information content (AvgIpc) is 2.68. The summed E-state index contributed by atoms with van der Waals surface area (Å²) in [6.45, 7) is 6.03. The van der Waals surface area contributed by atoms with Crippen molar-refractivity contribution in [2.24, 2.45) is 0 Å². The number of aromatic nitrogens is 2. The minimum absolute atomic E-state index is 0.278. The molecule has 2 rings (SSSR count). The highest BCUT2D eigenvalue weighted by atomic mass is 32.1. The summed E-state index contributed by atoms with van der Waals surface area (Å²) >= 11 is 1.71. The third-order valence-electron chi connectivity index (χ3n) is 2.37. The van der Waals surface area contributed by atoms with Crippen molar-refractivity contribution in [3.63, 3.8) is 0 Å². The summed E-state index contributed by atoms with van der Waals surface area (Å²) in [5.74, 6) is 1.70. The SMILES string of the molecule is Cc1cc(NC(C)c2ccsc2)nc(C)n1. The maximum atomic E-state index is 4.37. The Morgan fingerprint density at radius 2 is 2.12 bits per heavy atom. The molecule has 1 atom stereocenters. The normalized spacial score (nSPS) is 12.4. The molecule has 3 nitrogen and oxygen atoms in total.